The Balaban J connectivity index is 1.83. The van der Waals surface area contributed by atoms with Crippen molar-refractivity contribution in [1.82, 2.24) is 15.1 Å². The highest BCUT2D eigenvalue weighted by molar-refractivity contribution is 8.14. The molecule has 0 bridgehead atoms. The summed E-state index contributed by atoms with van der Waals surface area (Å²) < 4.78 is 0. The predicted molar refractivity (Wildman–Crippen MR) is 80.7 cm³/mol. The Morgan fingerprint density at radius 1 is 1.32 bits per heavy atom. The fourth-order valence-electron chi connectivity index (χ4n) is 2.25. The fourth-order valence-corrected chi connectivity index (χ4v) is 3.19. The second-order valence-electron chi connectivity index (χ2n) is 5.21. The molecule has 0 aromatic rings. The van der Waals surface area contributed by atoms with Gasteiger partial charge < -0.3 is 15.1 Å². The topological polar surface area (TPSA) is 47.9 Å². The first kappa shape index (κ1) is 14.7. The number of nitrogens with one attached hydrogen (secondary N) is 1. The maximum absolute atomic E-state index is 12.4. The van der Waals surface area contributed by atoms with Crippen LogP contribution in [0.15, 0.2) is 4.99 Å². The molecule has 2 heterocycles. The third-order valence-corrected chi connectivity index (χ3v) is 4.62. The Bertz CT molecular complexity index is 340. The van der Waals surface area contributed by atoms with Crippen LogP contribution < -0.4 is 5.32 Å². The van der Waals surface area contributed by atoms with Crippen LogP contribution in [0.3, 0.4) is 0 Å². The number of rotatable bonds is 2. The molecule has 1 atom stereocenters. The summed E-state index contributed by atoms with van der Waals surface area (Å²) in [4.78, 5) is 21.1. The maximum Gasteiger partial charge on any atom is 0.235 e. The molecule has 5 nitrogen and oxygen atoms in total. The van der Waals surface area contributed by atoms with E-state index in [-0.39, 0.29) is 11.2 Å². The lowest BCUT2D eigenvalue weighted by molar-refractivity contribution is -0.131. The average Bonchev–Trinajstić information content (AvgIpc) is 2.67. The molecule has 1 unspecified atom stereocenters. The number of thioether (sulfide) groups is 1. The summed E-state index contributed by atoms with van der Waals surface area (Å²) in [7, 11) is 2.10. The fraction of sp³-hybridized carbons (Fsp3) is 0.846. The molecule has 1 saturated heterocycles. The zero-order valence-corrected chi connectivity index (χ0v) is 12.7. The van der Waals surface area contributed by atoms with E-state index in [2.05, 4.69) is 22.3 Å². The second kappa shape index (κ2) is 7.14. The van der Waals surface area contributed by atoms with E-state index >= 15 is 0 Å². The van der Waals surface area contributed by atoms with Gasteiger partial charge >= 0.3 is 0 Å². The summed E-state index contributed by atoms with van der Waals surface area (Å²) in [6.07, 6.45) is 2.30. The van der Waals surface area contributed by atoms with Crippen molar-refractivity contribution in [3.05, 3.63) is 0 Å². The minimum atomic E-state index is -0.0484. The van der Waals surface area contributed by atoms with Crippen molar-refractivity contribution in [3.8, 4) is 0 Å². The quantitative estimate of drug-likeness (QED) is 0.808. The van der Waals surface area contributed by atoms with Crippen molar-refractivity contribution in [3.63, 3.8) is 0 Å². The van der Waals surface area contributed by atoms with E-state index in [1.54, 1.807) is 11.8 Å². The molecule has 108 valence electrons. The number of amidine groups is 1. The number of carbonyl (C=O) groups is 1. The van der Waals surface area contributed by atoms with Crippen molar-refractivity contribution in [2.24, 2.45) is 4.99 Å². The van der Waals surface area contributed by atoms with Crippen molar-refractivity contribution < 1.29 is 4.79 Å². The van der Waals surface area contributed by atoms with E-state index in [1.807, 2.05) is 11.8 Å². The van der Waals surface area contributed by atoms with Crippen molar-refractivity contribution in [1.29, 1.82) is 0 Å². The van der Waals surface area contributed by atoms with Crippen LogP contribution in [0.4, 0.5) is 0 Å². The Morgan fingerprint density at radius 2 is 2.05 bits per heavy atom. The summed E-state index contributed by atoms with van der Waals surface area (Å²) in [6.45, 7) is 7.48. The minimum absolute atomic E-state index is 0.0484. The van der Waals surface area contributed by atoms with Crippen molar-refractivity contribution in [2.45, 2.75) is 25.0 Å². The van der Waals surface area contributed by atoms with Crippen molar-refractivity contribution >= 4 is 22.8 Å². The van der Waals surface area contributed by atoms with E-state index in [4.69, 9.17) is 0 Å². The van der Waals surface area contributed by atoms with Crippen LogP contribution in [-0.2, 0) is 4.79 Å². The smallest absolute Gasteiger partial charge is 0.235 e. The molecular formula is C13H24N4OS. The van der Waals surface area contributed by atoms with Crippen molar-refractivity contribution in [2.75, 3.05) is 46.3 Å². The van der Waals surface area contributed by atoms with Gasteiger partial charge in [-0.1, -0.05) is 11.8 Å². The lowest BCUT2D eigenvalue weighted by atomic mass is 10.3. The normalized spacial score (nSPS) is 23.3. The molecular weight excluding hydrogens is 260 g/mol. The molecule has 0 radical (unpaired) electrons. The standard InChI is InChI=1S/C13H24N4OS/c1-11(19-13-14-5-3-4-6-15-13)12(18)17-9-7-16(2)8-10-17/h11H,3-10H2,1-2H3,(H,14,15). The second-order valence-corrected chi connectivity index (χ2v) is 6.54. The average molecular weight is 284 g/mol. The number of amides is 1. The molecule has 2 rings (SSSR count). The van der Waals surface area contributed by atoms with Gasteiger partial charge in [0.15, 0.2) is 5.17 Å². The molecule has 19 heavy (non-hydrogen) atoms. The number of likely N-dealkylation sites (N-methyl/N-ethyl adjacent to an activating group) is 1. The van der Waals surface area contributed by atoms with Crippen LogP contribution in [0.5, 0.6) is 0 Å². The minimum Gasteiger partial charge on any atom is -0.365 e. The third kappa shape index (κ3) is 4.38. The Morgan fingerprint density at radius 3 is 2.79 bits per heavy atom. The lowest BCUT2D eigenvalue weighted by Crippen LogP contribution is -2.49. The van der Waals surface area contributed by atoms with Gasteiger partial charge in [-0.3, -0.25) is 9.79 Å². The number of hydrogen-bond acceptors (Lipinski definition) is 5. The molecule has 1 fully saturated rings. The molecule has 0 saturated carbocycles. The van der Waals surface area contributed by atoms with E-state index in [1.165, 1.54) is 0 Å². The molecule has 1 N–H and O–H groups in total. The highest BCUT2D eigenvalue weighted by Crippen LogP contribution is 2.16. The van der Waals surface area contributed by atoms with Gasteiger partial charge in [0, 0.05) is 39.3 Å². The summed E-state index contributed by atoms with van der Waals surface area (Å²) in [6, 6.07) is 0. The molecule has 0 aromatic carbocycles. The molecule has 2 aliphatic rings. The largest absolute Gasteiger partial charge is 0.365 e. The predicted octanol–water partition coefficient (Wildman–Crippen LogP) is 0.622. The van der Waals surface area contributed by atoms with Gasteiger partial charge in [0.25, 0.3) is 0 Å². The van der Waals surface area contributed by atoms with E-state index in [0.29, 0.717) is 0 Å². The van der Waals surface area contributed by atoms with Gasteiger partial charge in [-0.25, -0.2) is 0 Å². The monoisotopic (exact) mass is 284 g/mol. The SMILES string of the molecule is CC(SC1=NCCCCN1)C(=O)N1CCN(C)CC1. The summed E-state index contributed by atoms with van der Waals surface area (Å²) in [5, 5.41) is 4.20. The number of aliphatic imine (C=N–C) groups is 1. The lowest BCUT2D eigenvalue weighted by Gasteiger charge is -2.33. The molecule has 6 heteroatoms. The Kier molecular flexibility index (Phi) is 5.51. The Labute approximate surface area is 119 Å². The molecule has 0 spiro atoms. The highest BCUT2D eigenvalue weighted by Gasteiger charge is 2.25. The van der Waals surface area contributed by atoms with Gasteiger partial charge in [0.05, 0.1) is 5.25 Å². The summed E-state index contributed by atoms with van der Waals surface area (Å²) >= 11 is 1.57. The van der Waals surface area contributed by atoms with Crippen LogP contribution in [-0.4, -0.2) is 72.4 Å². The van der Waals surface area contributed by atoms with Gasteiger partial charge in [0.2, 0.25) is 5.91 Å². The first-order chi connectivity index (χ1) is 9.16. The van der Waals surface area contributed by atoms with Gasteiger partial charge in [-0.15, -0.1) is 0 Å². The first-order valence-corrected chi connectivity index (χ1v) is 7.97. The molecule has 2 aliphatic heterocycles. The zero-order valence-electron chi connectivity index (χ0n) is 11.9. The van der Waals surface area contributed by atoms with Crippen LogP contribution in [0.1, 0.15) is 19.8 Å². The van der Waals surface area contributed by atoms with E-state index < -0.39 is 0 Å². The van der Waals surface area contributed by atoms with Gasteiger partial charge in [-0.2, -0.15) is 0 Å². The molecule has 0 aliphatic carbocycles. The Hall–Kier alpha value is -0.750. The third-order valence-electron chi connectivity index (χ3n) is 3.57. The highest BCUT2D eigenvalue weighted by atomic mass is 32.2. The van der Waals surface area contributed by atoms with E-state index in [9.17, 15) is 4.79 Å². The maximum atomic E-state index is 12.4. The van der Waals surface area contributed by atoms with Crippen LogP contribution in [0.2, 0.25) is 0 Å². The summed E-state index contributed by atoms with van der Waals surface area (Å²) in [5.41, 5.74) is 0. The van der Waals surface area contributed by atoms with Crippen LogP contribution in [0.25, 0.3) is 0 Å². The van der Waals surface area contributed by atoms with Gasteiger partial charge in [0.1, 0.15) is 0 Å². The van der Waals surface area contributed by atoms with Gasteiger partial charge in [-0.05, 0) is 26.8 Å². The molecule has 1 amide bonds. The molecule has 0 aromatic heterocycles. The van der Waals surface area contributed by atoms with Crippen LogP contribution >= 0.6 is 11.8 Å². The number of piperazine rings is 1. The first-order valence-electron chi connectivity index (χ1n) is 7.09. The summed E-state index contributed by atoms with van der Waals surface area (Å²) in [5.74, 6) is 0.242. The van der Waals surface area contributed by atoms with Crippen LogP contribution in [0, 0.1) is 0 Å². The number of hydrogen-bond donors (Lipinski definition) is 1. The zero-order chi connectivity index (χ0) is 13.7. The number of nitrogens with zero attached hydrogens (tertiary/aromatic N) is 3. The van der Waals surface area contributed by atoms with E-state index in [0.717, 1.165) is 57.3 Å². The number of carbonyl (C=O) groups excluding carboxylic acids is 1.